The van der Waals surface area contributed by atoms with Crippen LogP contribution in [0.1, 0.15) is 48.8 Å². The Morgan fingerprint density at radius 3 is 2.00 bits per heavy atom. The number of carbonyl (C=O) groups excluding carboxylic acids is 1. The van der Waals surface area contributed by atoms with Gasteiger partial charge in [0.1, 0.15) is 0 Å². The number of carboxylic acids is 1. The molecule has 1 aliphatic carbocycles. The predicted molar refractivity (Wildman–Crippen MR) is 108 cm³/mol. The SMILES string of the molecule is O=C(OC(C(F)(F)F)C(F)(F)F)N1CCN(Cc2ccc(C(F)F)cc2C2(C(=O)O)CCCC2)CC1. The lowest BCUT2D eigenvalue weighted by atomic mass is 9.76. The average molecular weight is 532 g/mol. The van der Waals surface area contributed by atoms with Crippen molar-refractivity contribution in [3.8, 4) is 0 Å². The highest BCUT2D eigenvalue weighted by Crippen LogP contribution is 2.44. The number of amides is 1. The highest BCUT2D eigenvalue weighted by atomic mass is 19.4. The number of halogens is 8. The summed E-state index contributed by atoms with van der Waals surface area (Å²) in [5.74, 6) is -1.12. The fourth-order valence-electron chi connectivity index (χ4n) is 4.71. The van der Waals surface area contributed by atoms with Crippen LogP contribution in [0.25, 0.3) is 0 Å². The molecule has 3 rings (SSSR count). The van der Waals surface area contributed by atoms with E-state index in [9.17, 15) is 49.8 Å². The topological polar surface area (TPSA) is 70.1 Å². The lowest BCUT2D eigenvalue weighted by Crippen LogP contribution is -2.52. The van der Waals surface area contributed by atoms with Crippen molar-refractivity contribution in [1.82, 2.24) is 9.80 Å². The summed E-state index contributed by atoms with van der Waals surface area (Å²) in [5, 5.41) is 9.94. The monoisotopic (exact) mass is 532 g/mol. The molecule has 14 heteroatoms. The molecule has 1 N–H and O–H groups in total. The molecule has 0 unspecified atom stereocenters. The van der Waals surface area contributed by atoms with E-state index in [0.717, 1.165) is 4.90 Å². The maximum absolute atomic E-state index is 13.4. The van der Waals surface area contributed by atoms with E-state index < -0.39 is 42.4 Å². The van der Waals surface area contributed by atoms with E-state index in [0.29, 0.717) is 18.4 Å². The van der Waals surface area contributed by atoms with Crippen molar-refractivity contribution < 1.29 is 54.6 Å². The van der Waals surface area contributed by atoms with E-state index in [2.05, 4.69) is 4.74 Å². The third kappa shape index (κ3) is 6.01. The molecule has 1 saturated heterocycles. The van der Waals surface area contributed by atoms with Gasteiger partial charge < -0.3 is 14.7 Å². The molecule has 202 valence electrons. The second-order valence-electron chi connectivity index (χ2n) is 8.92. The van der Waals surface area contributed by atoms with Gasteiger partial charge in [0.05, 0.1) is 5.41 Å². The molecule has 1 heterocycles. The zero-order valence-corrected chi connectivity index (χ0v) is 18.8. The van der Waals surface area contributed by atoms with E-state index in [-0.39, 0.29) is 56.7 Å². The van der Waals surface area contributed by atoms with Crippen molar-refractivity contribution in [3.63, 3.8) is 0 Å². The van der Waals surface area contributed by atoms with E-state index in [1.165, 1.54) is 18.2 Å². The Balaban J connectivity index is 1.72. The van der Waals surface area contributed by atoms with Gasteiger partial charge in [0.25, 0.3) is 12.5 Å². The minimum atomic E-state index is -5.82. The summed E-state index contributed by atoms with van der Waals surface area (Å²) in [6, 6.07) is 3.80. The highest BCUT2D eigenvalue weighted by molar-refractivity contribution is 5.82. The number of ether oxygens (including phenoxy) is 1. The largest absolute Gasteiger partial charge is 0.481 e. The van der Waals surface area contributed by atoms with E-state index in [1.807, 2.05) is 0 Å². The van der Waals surface area contributed by atoms with Gasteiger partial charge in [-0.2, -0.15) is 26.3 Å². The van der Waals surface area contributed by atoms with Crippen LogP contribution >= 0.6 is 0 Å². The first-order valence-electron chi connectivity index (χ1n) is 11.1. The number of hydrogen-bond acceptors (Lipinski definition) is 4. The van der Waals surface area contributed by atoms with Crippen LogP contribution in [0.2, 0.25) is 0 Å². The standard InChI is InChI=1S/C22H24F8N2O4/c23-16(24)13-3-4-14(15(11-13)20(18(33)34)5-1-2-6-20)12-31-7-9-32(10-8-31)19(35)36-17(21(25,26)27)22(28,29)30/h3-4,11,16-17H,1-2,5-10,12H2,(H,33,34). The van der Waals surface area contributed by atoms with Crippen LogP contribution in [0.15, 0.2) is 18.2 Å². The molecule has 0 bridgehead atoms. The van der Waals surface area contributed by atoms with Gasteiger partial charge in [0.2, 0.25) is 0 Å². The number of nitrogens with zero attached hydrogens (tertiary/aromatic N) is 2. The Morgan fingerprint density at radius 1 is 0.972 bits per heavy atom. The summed E-state index contributed by atoms with van der Waals surface area (Å²) in [5.41, 5.74) is -0.896. The number of rotatable bonds is 6. The average Bonchev–Trinajstić information content (AvgIpc) is 3.27. The molecule has 0 atom stereocenters. The van der Waals surface area contributed by atoms with Crippen LogP contribution in [0.5, 0.6) is 0 Å². The van der Waals surface area contributed by atoms with E-state index in [1.54, 1.807) is 4.90 Å². The van der Waals surface area contributed by atoms with Crippen molar-refractivity contribution in [2.24, 2.45) is 0 Å². The third-order valence-corrected chi connectivity index (χ3v) is 6.61. The molecular formula is C22H24F8N2O4. The van der Waals surface area contributed by atoms with Crippen LogP contribution in [-0.4, -0.2) is 71.6 Å². The Hall–Kier alpha value is -2.64. The summed E-state index contributed by atoms with van der Waals surface area (Å²) >= 11 is 0. The highest BCUT2D eigenvalue weighted by Gasteiger charge is 2.60. The zero-order chi connectivity index (χ0) is 26.9. The summed E-state index contributed by atoms with van der Waals surface area (Å²) < 4.78 is 106. The van der Waals surface area contributed by atoms with Gasteiger partial charge in [0, 0.05) is 38.3 Å². The summed E-state index contributed by atoms with van der Waals surface area (Å²) in [7, 11) is 0. The maximum atomic E-state index is 13.4. The Kier molecular flexibility index (Phi) is 8.06. The van der Waals surface area contributed by atoms with Gasteiger partial charge in [-0.3, -0.25) is 9.69 Å². The number of aliphatic carboxylic acids is 1. The lowest BCUT2D eigenvalue weighted by Gasteiger charge is -2.36. The molecule has 1 aromatic rings. The first kappa shape index (κ1) is 27.9. The molecule has 6 nitrogen and oxygen atoms in total. The van der Waals surface area contributed by atoms with Crippen LogP contribution in [0, 0.1) is 0 Å². The Morgan fingerprint density at radius 2 is 1.53 bits per heavy atom. The molecule has 2 fully saturated rings. The van der Waals surface area contributed by atoms with Gasteiger partial charge in [-0.15, -0.1) is 0 Å². The Labute approximate surface area is 200 Å². The zero-order valence-electron chi connectivity index (χ0n) is 18.8. The second-order valence-corrected chi connectivity index (χ2v) is 8.92. The predicted octanol–water partition coefficient (Wildman–Crippen LogP) is 5.27. The minimum Gasteiger partial charge on any atom is -0.481 e. The minimum absolute atomic E-state index is 0.0356. The maximum Gasteiger partial charge on any atom is 0.434 e. The van der Waals surface area contributed by atoms with Crippen LogP contribution in [0.3, 0.4) is 0 Å². The number of hydrogen-bond donors (Lipinski definition) is 1. The van der Waals surface area contributed by atoms with Gasteiger partial charge >= 0.3 is 24.4 Å². The summed E-state index contributed by atoms with van der Waals surface area (Å²) in [4.78, 5) is 26.6. The van der Waals surface area contributed by atoms with Crippen molar-refractivity contribution in [1.29, 1.82) is 0 Å². The van der Waals surface area contributed by atoms with Crippen molar-refractivity contribution in [2.45, 2.75) is 62.5 Å². The van der Waals surface area contributed by atoms with Gasteiger partial charge in [-0.25, -0.2) is 13.6 Å². The van der Waals surface area contributed by atoms with Gasteiger partial charge in [0.15, 0.2) is 0 Å². The van der Waals surface area contributed by atoms with Gasteiger partial charge in [-0.05, 0) is 30.0 Å². The summed E-state index contributed by atoms with van der Waals surface area (Å²) in [6.45, 7) is -0.308. The fourth-order valence-corrected chi connectivity index (χ4v) is 4.71. The van der Waals surface area contributed by atoms with Crippen LogP contribution < -0.4 is 0 Å². The fraction of sp³-hybridized carbons (Fsp3) is 0.636. The van der Waals surface area contributed by atoms with E-state index >= 15 is 0 Å². The molecular weight excluding hydrogens is 508 g/mol. The second kappa shape index (κ2) is 10.4. The number of carboxylic acid groups (broad SMARTS) is 1. The lowest BCUT2D eigenvalue weighted by molar-refractivity contribution is -0.308. The number of alkyl halides is 8. The smallest absolute Gasteiger partial charge is 0.434 e. The van der Waals surface area contributed by atoms with E-state index in [4.69, 9.17) is 0 Å². The molecule has 1 aliphatic heterocycles. The quantitative estimate of drug-likeness (QED) is 0.506. The molecule has 36 heavy (non-hydrogen) atoms. The molecule has 0 radical (unpaired) electrons. The molecule has 0 aromatic heterocycles. The van der Waals surface area contributed by atoms with Gasteiger partial charge in [-0.1, -0.05) is 25.0 Å². The molecule has 1 aromatic carbocycles. The first-order chi connectivity index (χ1) is 16.6. The van der Waals surface area contributed by atoms with Crippen molar-refractivity contribution >= 4 is 12.1 Å². The Bertz CT molecular complexity index is 938. The van der Waals surface area contributed by atoms with Crippen LogP contribution in [-0.2, 0) is 21.5 Å². The van der Waals surface area contributed by atoms with Crippen molar-refractivity contribution in [2.75, 3.05) is 26.2 Å². The molecule has 1 saturated carbocycles. The molecule has 2 aliphatic rings. The normalized spacial score (nSPS) is 19.2. The van der Waals surface area contributed by atoms with Crippen LogP contribution in [0.4, 0.5) is 39.9 Å². The van der Waals surface area contributed by atoms with Crippen molar-refractivity contribution in [3.05, 3.63) is 34.9 Å². The molecule has 1 amide bonds. The number of benzene rings is 1. The molecule has 0 spiro atoms. The number of piperazine rings is 1. The first-order valence-corrected chi connectivity index (χ1v) is 11.1. The summed E-state index contributed by atoms with van der Waals surface area (Å²) in [6.07, 6.45) is -18.7. The number of carbonyl (C=O) groups is 2. The third-order valence-electron chi connectivity index (χ3n) is 6.61.